The van der Waals surface area contributed by atoms with Gasteiger partial charge in [0.25, 0.3) is 5.91 Å². The summed E-state index contributed by atoms with van der Waals surface area (Å²) in [6.07, 6.45) is 6.86. The van der Waals surface area contributed by atoms with Crippen molar-refractivity contribution < 1.29 is 19.1 Å². The van der Waals surface area contributed by atoms with Crippen LogP contribution in [0.15, 0.2) is 24.3 Å². The van der Waals surface area contributed by atoms with Gasteiger partial charge in [0.1, 0.15) is 0 Å². The van der Waals surface area contributed by atoms with Gasteiger partial charge in [0.05, 0.1) is 6.61 Å². The highest BCUT2D eigenvalue weighted by atomic mass is 16.5. The van der Waals surface area contributed by atoms with E-state index in [4.69, 9.17) is 9.47 Å². The summed E-state index contributed by atoms with van der Waals surface area (Å²) in [5.41, 5.74) is 0. The van der Waals surface area contributed by atoms with E-state index in [1.165, 1.54) is 25.7 Å². The Morgan fingerprint density at radius 1 is 0.929 bits per heavy atom. The van der Waals surface area contributed by atoms with Crippen molar-refractivity contribution in [2.75, 3.05) is 39.4 Å². The number of carbonyl (C=O) groups is 2. The van der Waals surface area contributed by atoms with Gasteiger partial charge in [0.15, 0.2) is 18.1 Å². The quantitative estimate of drug-likeness (QED) is 0.687. The van der Waals surface area contributed by atoms with Gasteiger partial charge >= 0.3 is 0 Å². The third-order valence-electron chi connectivity index (χ3n) is 5.73. The largest absolute Gasteiger partial charge is 0.490 e. The van der Waals surface area contributed by atoms with Gasteiger partial charge in [-0.3, -0.25) is 9.59 Å². The molecule has 1 aliphatic heterocycles. The zero-order valence-electron chi connectivity index (χ0n) is 16.9. The van der Waals surface area contributed by atoms with Crippen molar-refractivity contribution in [2.24, 2.45) is 5.92 Å². The molecule has 0 atom stereocenters. The number of amides is 2. The molecule has 0 aromatic heterocycles. The van der Waals surface area contributed by atoms with E-state index >= 15 is 0 Å². The molecule has 0 bridgehead atoms. The second kappa shape index (κ2) is 10.3. The van der Waals surface area contributed by atoms with Crippen LogP contribution < -0.4 is 9.47 Å². The van der Waals surface area contributed by atoms with E-state index < -0.39 is 0 Å². The van der Waals surface area contributed by atoms with Gasteiger partial charge in [-0.2, -0.15) is 0 Å². The lowest BCUT2D eigenvalue weighted by atomic mass is 10.0. The molecule has 1 aliphatic carbocycles. The second-order valence-corrected chi connectivity index (χ2v) is 7.62. The van der Waals surface area contributed by atoms with Crippen LogP contribution in [-0.2, 0) is 9.59 Å². The van der Waals surface area contributed by atoms with Crippen molar-refractivity contribution in [3.63, 3.8) is 0 Å². The van der Waals surface area contributed by atoms with Gasteiger partial charge in [-0.25, -0.2) is 0 Å². The summed E-state index contributed by atoms with van der Waals surface area (Å²) in [5.74, 6) is 2.16. The molecule has 6 heteroatoms. The Labute approximate surface area is 167 Å². The highest BCUT2D eigenvalue weighted by Crippen LogP contribution is 2.29. The third-order valence-corrected chi connectivity index (χ3v) is 5.73. The first-order valence-corrected chi connectivity index (χ1v) is 10.6. The monoisotopic (exact) mass is 388 g/mol. The SMILES string of the molecule is CCOc1ccccc1OCC(=O)N1CCN(C(=O)CCC2CCCC2)CC1. The van der Waals surface area contributed by atoms with Crippen molar-refractivity contribution in [1.82, 2.24) is 9.80 Å². The maximum absolute atomic E-state index is 12.5. The van der Waals surface area contributed by atoms with Gasteiger partial charge in [0, 0.05) is 32.6 Å². The highest BCUT2D eigenvalue weighted by molar-refractivity contribution is 5.79. The average Bonchev–Trinajstić information content (AvgIpc) is 3.25. The predicted octanol–water partition coefficient (Wildman–Crippen LogP) is 3.11. The first-order valence-electron chi connectivity index (χ1n) is 10.6. The van der Waals surface area contributed by atoms with Gasteiger partial charge in [-0.15, -0.1) is 0 Å². The zero-order valence-corrected chi connectivity index (χ0v) is 16.9. The topological polar surface area (TPSA) is 59.1 Å². The number of hydrogen-bond acceptors (Lipinski definition) is 4. The van der Waals surface area contributed by atoms with E-state index in [1.54, 1.807) is 11.0 Å². The molecule has 0 radical (unpaired) electrons. The Bertz CT molecular complexity index is 650. The number of hydrogen-bond donors (Lipinski definition) is 0. The number of piperazine rings is 1. The maximum atomic E-state index is 12.5. The molecule has 2 fully saturated rings. The Hall–Kier alpha value is -2.24. The fourth-order valence-electron chi connectivity index (χ4n) is 4.06. The third kappa shape index (κ3) is 5.63. The number of rotatable bonds is 8. The molecule has 28 heavy (non-hydrogen) atoms. The number of benzene rings is 1. The first-order chi connectivity index (χ1) is 13.7. The molecule has 3 rings (SSSR count). The molecule has 0 unspecified atom stereocenters. The fourth-order valence-corrected chi connectivity index (χ4v) is 4.06. The molecule has 2 aliphatic rings. The molecular weight excluding hydrogens is 356 g/mol. The molecule has 6 nitrogen and oxygen atoms in total. The minimum atomic E-state index is -0.0515. The van der Waals surface area contributed by atoms with E-state index in [0.717, 1.165) is 12.3 Å². The maximum Gasteiger partial charge on any atom is 0.260 e. The van der Waals surface area contributed by atoms with Crippen molar-refractivity contribution in [3.8, 4) is 11.5 Å². The van der Waals surface area contributed by atoms with E-state index in [0.29, 0.717) is 50.7 Å². The lowest BCUT2D eigenvalue weighted by molar-refractivity contribution is -0.140. The van der Waals surface area contributed by atoms with E-state index in [1.807, 2.05) is 30.0 Å². The van der Waals surface area contributed by atoms with Gasteiger partial charge in [0.2, 0.25) is 5.91 Å². The van der Waals surface area contributed by atoms with Gasteiger partial charge in [-0.1, -0.05) is 37.8 Å². The Kier molecular flexibility index (Phi) is 7.57. The normalized spacial score (nSPS) is 17.6. The first kappa shape index (κ1) is 20.5. The summed E-state index contributed by atoms with van der Waals surface area (Å²) >= 11 is 0. The van der Waals surface area contributed by atoms with Crippen molar-refractivity contribution in [2.45, 2.75) is 45.4 Å². The van der Waals surface area contributed by atoms with E-state index in [-0.39, 0.29) is 18.4 Å². The van der Waals surface area contributed by atoms with Crippen molar-refractivity contribution in [3.05, 3.63) is 24.3 Å². The Morgan fingerprint density at radius 3 is 2.11 bits per heavy atom. The summed E-state index contributed by atoms with van der Waals surface area (Å²) < 4.78 is 11.2. The minimum absolute atomic E-state index is 0.0142. The number of ether oxygens (including phenoxy) is 2. The summed E-state index contributed by atoms with van der Waals surface area (Å²) in [5, 5.41) is 0. The Balaban J connectivity index is 1.39. The average molecular weight is 389 g/mol. The smallest absolute Gasteiger partial charge is 0.260 e. The zero-order chi connectivity index (χ0) is 19.8. The molecule has 0 spiro atoms. The molecule has 1 saturated heterocycles. The molecule has 154 valence electrons. The van der Waals surface area contributed by atoms with E-state index in [2.05, 4.69) is 0 Å². The molecule has 1 aromatic rings. The summed E-state index contributed by atoms with van der Waals surface area (Å²) in [6, 6.07) is 7.37. The highest BCUT2D eigenvalue weighted by Gasteiger charge is 2.25. The Morgan fingerprint density at radius 2 is 1.50 bits per heavy atom. The summed E-state index contributed by atoms with van der Waals surface area (Å²) in [7, 11) is 0. The molecule has 1 heterocycles. The van der Waals surface area contributed by atoms with Crippen LogP contribution in [0.3, 0.4) is 0 Å². The van der Waals surface area contributed by atoms with Crippen LogP contribution in [0.5, 0.6) is 11.5 Å². The van der Waals surface area contributed by atoms with Crippen LogP contribution in [0.4, 0.5) is 0 Å². The molecule has 0 N–H and O–H groups in total. The standard InChI is InChI=1S/C22H32N2O4/c1-2-27-19-9-5-6-10-20(19)28-17-22(26)24-15-13-23(14-16-24)21(25)12-11-18-7-3-4-8-18/h5-6,9-10,18H,2-4,7-8,11-17H2,1H3. The van der Waals surface area contributed by atoms with Gasteiger partial charge < -0.3 is 19.3 Å². The summed E-state index contributed by atoms with van der Waals surface area (Å²) in [6.45, 7) is 4.83. The van der Waals surface area contributed by atoms with Crippen LogP contribution in [0.2, 0.25) is 0 Å². The van der Waals surface area contributed by atoms with Crippen LogP contribution >= 0.6 is 0 Å². The lowest BCUT2D eigenvalue weighted by Gasteiger charge is -2.35. The fraction of sp³-hybridized carbons (Fsp3) is 0.636. The number of carbonyl (C=O) groups excluding carboxylic acids is 2. The second-order valence-electron chi connectivity index (χ2n) is 7.62. The van der Waals surface area contributed by atoms with Crippen molar-refractivity contribution in [1.29, 1.82) is 0 Å². The number of nitrogens with zero attached hydrogens (tertiary/aromatic N) is 2. The van der Waals surface area contributed by atoms with Gasteiger partial charge in [-0.05, 0) is 31.4 Å². The minimum Gasteiger partial charge on any atom is -0.490 e. The summed E-state index contributed by atoms with van der Waals surface area (Å²) in [4.78, 5) is 28.6. The molecule has 1 aromatic carbocycles. The molecule has 1 saturated carbocycles. The number of para-hydroxylation sites is 2. The van der Waals surface area contributed by atoms with Crippen LogP contribution in [-0.4, -0.2) is 61.0 Å². The predicted molar refractivity (Wildman–Crippen MR) is 107 cm³/mol. The van der Waals surface area contributed by atoms with Crippen LogP contribution in [0, 0.1) is 5.92 Å². The van der Waals surface area contributed by atoms with E-state index in [9.17, 15) is 9.59 Å². The molecular formula is C22H32N2O4. The lowest BCUT2D eigenvalue weighted by Crippen LogP contribution is -2.51. The van der Waals surface area contributed by atoms with Crippen LogP contribution in [0.1, 0.15) is 45.4 Å². The van der Waals surface area contributed by atoms with Crippen LogP contribution in [0.25, 0.3) is 0 Å². The van der Waals surface area contributed by atoms with Crippen molar-refractivity contribution >= 4 is 11.8 Å². The molecule has 2 amide bonds.